The van der Waals surface area contributed by atoms with E-state index in [4.69, 9.17) is 0 Å². The van der Waals surface area contributed by atoms with Crippen molar-refractivity contribution in [3.05, 3.63) is 0 Å². The Kier molecular flexibility index (Phi) is 8.04. The second-order valence-corrected chi connectivity index (χ2v) is 6.52. The summed E-state index contributed by atoms with van der Waals surface area (Å²) in [6.07, 6.45) is 2.61. The molecule has 0 aromatic rings. The number of hydrogen-bond acceptors (Lipinski definition) is 2. The number of hydrogen-bond donors (Lipinski definition) is 2. The molecule has 0 heterocycles. The van der Waals surface area contributed by atoms with Crippen molar-refractivity contribution in [3.63, 3.8) is 0 Å². The second kappa shape index (κ2) is 8.08. The van der Waals surface area contributed by atoms with E-state index in [0.717, 1.165) is 25.6 Å². The first-order valence-electron chi connectivity index (χ1n) is 6.75. The summed E-state index contributed by atoms with van der Waals surface area (Å²) >= 11 is 0. The van der Waals surface area contributed by atoms with E-state index in [1.54, 1.807) is 0 Å². The molecular formula is C14H32N2. The SMILES string of the molecule is CC(CCNCCNC(C)C)CC(C)(C)C. The molecule has 0 amide bonds. The summed E-state index contributed by atoms with van der Waals surface area (Å²) in [4.78, 5) is 0. The highest BCUT2D eigenvalue weighted by Gasteiger charge is 2.14. The Morgan fingerprint density at radius 1 is 0.938 bits per heavy atom. The van der Waals surface area contributed by atoms with Crippen LogP contribution in [0.5, 0.6) is 0 Å². The zero-order valence-corrected chi connectivity index (χ0v) is 12.2. The molecule has 98 valence electrons. The quantitative estimate of drug-likeness (QED) is 0.624. The van der Waals surface area contributed by atoms with Gasteiger partial charge in [0.1, 0.15) is 0 Å². The molecule has 1 unspecified atom stereocenters. The van der Waals surface area contributed by atoms with E-state index in [9.17, 15) is 0 Å². The third-order valence-corrected chi connectivity index (χ3v) is 2.63. The number of rotatable bonds is 8. The second-order valence-electron chi connectivity index (χ2n) is 6.52. The Morgan fingerprint density at radius 3 is 2.06 bits per heavy atom. The lowest BCUT2D eigenvalue weighted by atomic mass is 9.84. The largest absolute Gasteiger partial charge is 0.315 e. The zero-order chi connectivity index (χ0) is 12.6. The van der Waals surface area contributed by atoms with Crippen molar-refractivity contribution < 1.29 is 0 Å². The molecule has 0 rings (SSSR count). The van der Waals surface area contributed by atoms with Gasteiger partial charge in [0.2, 0.25) is 0 Å². The minimum Gasteiger partial charge on any atom is -0.315 e. The van der Waals surface area contributed by atoms with Crippen molar-refractivity contribution in [2.24, 2.45) is 11.3 Å². The fourth-order valence-electron chi connectivity index (χ4n) is 2.07. The number of nitrogens with one attached hydrogen (secondary N) is 2. The molecule has 0 spiro atoms. The monoisotopic (exact) mass is 228 g/mol. The fourth-order valence-corrected chi connectivity index (χ4v) is 2.07. The standard InChI is InChI=1S/C14H32N2/c1-12(2)16-10-9-15-8-7-13(3)11-14(4,5)6/h12-13,15-16H,7-11H2,1-6H3. The molecule has 0 aliphatic rings. The maximum Gasteiger partial charge on any atom is 0.00790 e. The van der Waals surface area contributed by atoms with Gasteiger partial charge in [0, 0.05) is 19.1 Å². The van der Waals surface area contributed by atoms with Crippen LogP contribution in [0.1, 0.15) is 54.4 Å². The normalized spacial score (nSPS) is 14.4. The van der Waals surface area contributed by atoms with E-state index in [-0.39, 0.29) is 0 Å². The van der Waals surface area contributed by atoms with E-state index in [0.29, 0.717) is 11.5 Å². The van der Waals surface area contributed by atoms with Crippen LogP contribution in [0.4, 0.5) is 0 Å². The molecule has 0 saturated heterocycles. The van der Waals surface area contributed by atoms with Gasteiger partial charge in [0.15, 0.2) is 0 Å². The summed E-state index contributed by atoms with van der Waals surface area (Å²) in [6.45, 7) is 17.0. The van der Waals surface area contributed by atoms with Gasteiger partial charge in [-0.05, 0) is 30.7 Å². The first kappa shape index (κ1) is 15.9. The van der Waals surface area contributed by atoms with Crippen LogP contribution in [0.15, 0.2) is 0 Å². The third-order valence-electron chi connectivity index (χ3n) is 2.63. The van der Waals surface area contributed by atoms with Crippen LogP contribution in [0.2, 0.25) is 0 Å². The van der Waals surface area contributed by atoms with Crippen molar-refractivity contribution in [3.8, 4) is 0 Å². The predicted octanol–water partition coefficient (Wildman–Crippen LogP) is 3.04. The summed E-state index contributed by atoms with van der Waals surface area (Å²) in [5, 5.41) is 6.90. The summed E-state index contributed by atoms with van der Waals surface area (Å²) in [7, 11) is 0. The van der Waals surface area contributed by atoms with E-state index < -0.39 is 0 Å². The van der Waals surface area contributed by atoms with E-state index in [1.165, 1.54) is 12.8 Å². The third kappa shape index (κ3) is 12.0. The summed E-state index contributed by atoms with van der Waals surface area (Å²) in [5.41, 5.74) is 0.471. The van der Waals surface area contributed by atoms with Crippen molar-refractivity contribution in [2.75, 3.05) is 19.6 Å². The maximum absolute atomic E-state index is 3.49. The first-order valence-corrected chi connectivity index (χ1v) is 6.75. The molecule has 0 aliphatic heterocycles. The highest BCUT2D eigenvalue weighted by atomic mass is 14.9. The van der Waals surface area contributed by atoms with Gasteiger partial charge in [-0.25, -0.2) is 0 Å². The molecule has 0 bridgehead atoms. The highest BCUT2D eigenvalue weighted by molar-refractivity contribution is 4.67. The maximum atomic E-state index is 3.49. The molecule has 0 radical (unpaired) electrons. The summed E-state index contributed by atoms with van der Waals surface area (Å²) in [5.74, 6) is 0.825. The van der Waals surface area contributed by atoms with Crippen molar-refractivity contribution in [1.29, 1.82) is 0 Å². The van der Waals surface area contributed by atoms with E-state index in [2.05, 4.69) is 52.2 Å². The Labute approximate surface area is 103 Å². The zero-order valence-electron chi connectivity index (χ0n) is 12.2. The lowest BCUT2D eigenvalue weighted by Crippen LogP contribution is -2.32. The molecule has 0 aliphatic carbocycles. The van der Waals surface area contributed by atoms with Crippen LogP contribution in [-0.2, 0) is 0 Å². The fraction of sp³-hybridized carbons (Fsp3) is 1.00. The molecule has 1 atom stereocenters. The molecule has 2 N–H and O–H groups in total. The molecular weight excluding hydrogens is 196 g/mol. The average Bonchev–Trinajstić information content (AvgIpc) is 2.07. The molecule has 0 aromatic carbocycles. The van der Waals surface area contributed by atoms with Crippen LogP contribution in [-0.4, -0.2) is 25.7 Å². The van der Waals surface area contributed by atoms with Gasteiger partial charge in [-0.1, -0.05) is 41.5 Å². The van der Waals surface area contributed by atoms with Crippen LogP contribution in [0.3, 0.4) is 0 Å². The Morgan fingerprint density at radius 2 is 1.56 bits per heavy atom. The highest BCUT2D eigenvalue weighted by Crippen LogP contribution is 2.25. The van der Waals surface area contributed by atoms with Gasteiger partial charge < -0.3 is 10.6 Å². The van der Waals surface area contributed by atoms with Crippen LogP contribution in [0, 0.1) is 11.3 Å². The topological polar surface area (TPSA) is 24.1 Å². The van der Waals surface area contributed by atoms with Crippen LogP contribution < -0.4 is 10.6 Å². The predicted molar refractivity (Wildman–Crippen MR) is 73.9 cm³/mol. The molecule has 16 heavy (non-hydrogen) atoms. The van der Waals surface area contributed by atoms with Gasteiger partial charge in [-0.2, -0.15) is 0 Å². The van der Waals surface area contributed by atoms with Crippen molar-refractivity contribution >= 4 is 0 Å². The first-order chi connectivity index (χ1) is 7.31. The summed E-state index contributed by atoms with van der Waals surface area (Å²) in [6, 6.07) is 0.599. The van der Waals surface area contributed by atoms with Gasteiger partial charge in [-0.15, -0.1) is 0 Å². The minimum absolute atomic E-state index is 0.471. The smallest absolute Gasteiger partial charge is 0.00790 e. The molecule has 2 nitrogen and oxygen atoms in total. The average molecular weight is 228 g/mol. The molecule has 0 saturated carbocycles. The lowest BCUT2D eigenvalue weighted by Gasteiger charge is -2.23. The van der Waals surface area contributed by atoms with Gasteiger partial charge in [0.25, 0.3) is 0 Å². The molecule has 0 aromatic heterocycles. The Bertz CT molecular complexity index is 159. The summed E-state index contributed by atoms with van der Waals surface area (Å²) < 4.78 is 0. The Hall–Kier alpha value is -0.0800. The molecule has 2 heteroatoms. The van der Waals surface area contributed by atoms with Crippen LogP contribution >= 0.6 is 0 Å². The van der Waals surface area contributed by atoms with Crippen molar-refractivity contribution in [1.82, 2.24) is 10.6 Å². The minimum atomic E-state index is 0.471. The van der Waals surface area contributed by atoms with Gasteiger partial charge in [-0.3, -0.25) is 0 Å². The van der Waals surface area contributed by atoms with E-state index >= 15 is 0 Å². The van der Waals surface area contributed by atoms with Gasteiger partial charge in [0.05, 0.1) is 0 Å². The van der Waals surface area contributed by atoms with E-state index in [1.807, 2.05) is 0 Å². The van der Waals surface area contributed by atoms with Crippen molar-refractivity contribution in [2.45, 2.75) is 60.4 Å². The molecule has 0 fully saturated rings. The lowest BCUT2D eigenvalue weighted by molar-refractivity contribution is 0.294. The Balaban J connectivity index is 3.31. The van der Waals surface area contributed by atoms with Gasteiger partial charge >= 0.3 is 0 Å². The van der Waals surface area contributed by atoms with Crippen LogP contribution in [0.25, 0.3) is 0 Å².